The molecule has 0 aromatic rings. The van der Waals surface area contributed by atoms with Gasteiger partial charge in [0.2, 0.25) is 0 Å². The van der Waals surface area contributed by atoms with Gasteiger partial charge < -0.3 is 9.84 Å². The van der Waals surface area contributed by atoms with E-state index in [1.807, 2.05) is 6.92 Å². The van der Waals surface area contributed by atoms with Crippen molar-refractivity contribution in [2.24, 2.45) is 0 Å². The van der Waals surface area contributed by atoms with E-state index in [1.165, 1.54) is 0 Å². The Kier molecular flexibility index (Phi) is 1.82. The lowest BCUT2D eigenvalue weighted by molar-refractivity contribution is -0.981. The molecule has 3 unspecified atom stereocenters. The summed E-state index contributed by atoms with van der Waals surface area (Å²) in [5.74, 6) is 0. The van der Waals surface area contributed by atoms with E-state index in [0.717, 1.165) is 11.6 Å². The summed E-state index contributed by atoms with van der Waals surface area (Å²) in [5.41, 5.74) is 2.66. The van der Waals surface area contributed by atoms with Crippen LogP contribution in [-0.2, 0) is 9.57 Å². The summed E-state index contributed by atoms with van der Waals surface area (Å²) in [4.78, 5) is 4.75. The second-order valence-electron chi connectivity index (χ2n) is 2.97. The highest BCUT2D eigenvalue weighted by atomic mass is 16.8. The first-order chi connectivity index (χ1) is 5.29. The smallest absolute Gasteiger partial charge is 0.146 e. The van der Waals surface area contributed by atoms with E-state index < -0.39 is 6.29 Å². The first-order valence-electron chi connectivity index (χ1n) is 3.84. The number of hydrogen-bond donors (Lipinski definition) is 2. The van der Waals surface area contributed by atoms with Crippen molar-refractivity contribution in [3.8, 4) is 0 Å². The molecule has 11 heavy (non-hydrogen) atoms. The molecule has 0 radical (unpaired) electrons. The Morgan fingerprint density at radius 1 is 1.64 bits per heavy atom. The van der Waals surface area contributed by atoms with Gasteiger partial charge in [0.1, 0.15) is 18.7 Å². The molecule has 0 aliphatic carbocycles. The molecule has 4 atom stereocenters. The number of nitrogens with one attached hydrogen (secondary N) is 2. The normalized spacial score (nSPS) is 50.7. The van der Waals surface area contributed by atoms with Crippen molar-refractivity contribution >= 4 is 0 Å². The van der Waals surface area contributed by atoms with Crippen LogP contribution in [0, 0.1) is 0 Å². The third kappa shape index (κ3) is 1.15. The van der Waals surface area contributed by atoms with Crippen LogP contribution in [0.4, 0.5) is 0 Å². The standard InChI is InChI=1S/C6H11N2O3/c1-4-5-6(9)11-7-8(5)2-3-10-4/h4-7H,2-3H2,1H3/q-1/p+1/t4-,5?,6?/m1/s1. The van der Waals surface area contributed by atoms with Gasteiger partial charge in [-0.15, -0.1) is 0 Å². The van der Waals surface area contributed by atoms with Crippen LogP contribution in [0.15, 0.2) is 0 Å². The maximum Gasteiger partial charge on any atom is 0.146 e. The minimum Gasteiger partial charge on any atom is -0.825 e. The van der Waals surface area contributed by atoms with Crippen molar-refractivity contribution in [3.63, 3.8) is 0 Å². The first kappa shape index (κ1) is 7.45. The third-order valence-corrected chi connectivity index (χ3v) is 2.26. The fourth-order valence-corrected chi connectivity index (χ4v) is 1.62. The van der Waals surface area contributed by atoms with Crippen molar-refractivity contribution in [3.05, 3.63) is 0 Å². The molecule has 2 saturated heterocycles. The fraction of sp³-hybridized carbons (Fsp3) is 1.00. The van der Waals surface area contributed by atoms with Crippen LogP contribution in [0.3, 0.4) is 0 Å². The van der Waals surface area contributed by atoms with E-state index in [1.54, 1.807) is 0 Å². The van der Waals surface area contributed by atoms with Crippen molar-refractivity contribution < 1.29 is 19.7 Å². The van der Waals surface area contributed by atoms with Crippen LogP contribution in [-0.4, -0.2) is 31.6 Å². The number of quaternary nitrogens is 1. The molecule has 0 bridgehead atoms. The molecule has 2 aliphatic heterocycles. The van der Waals surface area contributed by atoms with E-state index >= 15 is 0 Å². The number of hydrogen-bond acceptors (Lipinski definition) is 4. The van der Waals surface area contributed by atoms with Crippen molar-refractivity contribution in [1.82, 2.24) is 5.59 Å². The summed E-state index contributed by atoms with van der Waals surface area (Å²) in [6.45, 7) is 3.40. The minimum atomic E-state index is -0.986. The highest BCUT2D eigenvalue weighted by molar-refractivity contribution is 4.70. The van der Waals surface area contributed by atoms with Crippen molar-refractivity contribution in [1.29, 1.82) is 0 Å². The molecule has 2 heterocycles. The molecule has 2 rings (SSSR count). The van der Waals surface area contributed by atoms with Crippen LogP contribution in [0.25, 0.3) is 0 Å². The summed E-state index contributed by atoms with van der Waals surface area (Å²) in [7, 11) is 0. The largest absolute Gasteiger partial charge is 0.825 e. The van der Waals surface area contributed by atoms with Gasteiger partial charge in [-0.3, -0.25) is 4.84 Å². The average Bonchev–Trinajstić information content (AvgIpc) is 2.34. The Bertz CT molecular complexity index is 153. The van der Waals surface area contributed by atoms with E-state index in [4.69, 9.17) is 9.57 Å². The zero-order valence-electron chi connectivity index (χ0n) is 6.37. The number of fused-ring (bicyclic) bond motifs is 1. The lowest BCUT2D eigenvalue weighted by atomic mass is 10.1. The van der Waals surface area contributed by atoms with E-state index in [-0.39, 0.29) is 12.1 Å². The van der Waals surface area contributed by atoms with Crippen LogP contribution in [0.2, 0.25) is 0 Å². The molecule has 2 aliphatic rings. The fourth-order valence-electron chi connectivity index (χ4n) is 1.62. The molecule has 5 nitrogen and oxygen atoms in total. The topological polar surface area (TPSA) is 58.0 Å². The van der Waals surface area contributed by atoms with Gasteiger partial charge >= 0.3 is 0 Å². The van der Waals surface area contributed by atoms with Crippen LogP contribution >= 0.6 is 0 Å². The van der Waals surface area contributed by atoms with Crippen LogP contribution in [0.5, 0.6) is 0 Å². The summed E-state index contributed by atoms with van der Waals surface area (Å²) in [6, 6.07) is -0.0938. The predicted molar refractivity (Wildman–Crippen MR) is 33.0 cm³/mol. The summed E-state index contributed by atoms with van der Waals surface area (Å²) in [6.07, 6.45) is -0.989. The van der Waals surface area contributed by atoms with Gasteiger partial charge in [-0.25, -0.2) is 5.01 Å². The van der Waals surface area contributed by atoms with E-state index in [9.17, 15) is 5.11 Å². The molecule has 0 aromatic heterocycles. The zero-order chi connectivity index (χ0) is 7.84. The van der Waals surface area contributed by atoms with E-state index in [2.05, 4.69) is 5.59 Å². The van der Waals surface area contributed by atoms with Crippen LogP contribution < -0.4 is 15.7 Å². The average molecular weight is 160 g/mol. The maximum absolute atomic E-state index is 11.1. The number of morpholine rings is 1. The van der Waals surface area contributed by atoms with Gasteiger partial charge in [-0.1, -0.05) is 0 Å². The van der Waals surface area contributed by atoms with Gasteiger partial charge in [-0.2, -0.15) is 0 Å². The van der Waals surface area contributed by atoms with Gasteiger partial charge in [0.25, 0.3) is 0 Å². The number of rotatable bonds is 0. The van der Waals surface area contributed by atoms with Crippen molar-refractivity contribution in [2.75, 3.05) is 13.2 Å². The number of ether oxygens (including phenoxy) is 1. The predicted octanol–water partition coefficient (Wildman–Crippen LogP) is -3.21. The van der Waals surface area contributed by atoms with Gasteiger partial charge in [0, 0.05) is 0 Å². The second kappa shape index (κ2) is 2.69. The molecular weight excluding hydrogens is 148 g/mol. The Morgan fingerprint density at radius 2 is 2.45 bits per heavy atom. The molecule has 0 amide bonds. The van der Waals surface area contributed by atoms with E-state index in [0.29, 0.717) is 6.61 Å². The first-order valence-corrected chi connectivity index (χ1v) is 3.84. The lowest BCUT2D eigenvalue weighted by Gasteiger charge is -2.32. The monoisotopic (exact) mass is 160 g/mol. The van der Waals surface area contributed by atoms with Gasteiger partial charge in [0.15, 0.2) is 0 Å². The Hall–Kier alpha value is -0.200. The molecule has 2 N–H and O–H groups in total. The third-order valence-electron chi connectivity index (χ3n) is 2.26. The summed E-state index contributed by atoms with van der Waals surface area (Å²) < 4.78 is 5.32. The van der Waals surface area contributed by atoms with Crippen LogP contribution in [0.1, 0.15) is 6.92 Å². The molecule has 0 saturated carbocycles. The SMILES string of the molecule is C[C@H]1OCC[NH+]2NOC([O-])C12. The van der Waals surface area contributed by atoms with Gasteiger partial charge in [-0.05, 0) is 12.5 Å². The molecule has 0 spiro atoms. The maximum atomic E-state index is 11.1. The summed E-state index contributed by atoms with van der Waals surface area (Å²) in [5, 5.41) is 12.1. The zero-order valence-corrected chi connectivity index (χ0v) is 6.37. The highest BCUT2D eigenvalue weighted by Crippen LogP contribution is 2.05. The minimum absolute atomic E-state index is 0.00347. The molecule has 64 valence electrons. The Morgan fingerprint density at radius 3 is 3.18 bits per heavy atom. The van der Waals surface area contributed by atoms with Crippen molar-refractivity contribution in [2.45, 2.75) is 25.4 Å². The second-order valence-corrected chi connectivity index (χ2v) is 2.97. The Labute approximate surface area is 64.8 Å². The lowest BCUT2D eigenvalue weighted by Crippen LogP contribution is -3.22. The molecular formula is C6H12N2O3. The molecule has 2 fully saturated rings. The molecule has 0 aromatic carbocycles. The molecule has 5 heteroatoms. The Balaban J connectivity index is 2.08. The van der Waals surface area contributed by atoms with Gasteiger partial charge in [0.05, 0.1) is 12.9 Å². The summed E-state index contributed by atoms with van der Waals surface area (Å²) >= 11 is 0. The quantitative estimate of drug-likeness (QED) is 0.392. The highest BCUT2D eigenvalue weighted by Gasteiger charge is 2.40.